The van der Waals surface area contributed by atoms with Gasteiger partial charge in [0.25, 0.3) is 0 Å². The van der Waals surface area contributed by atoms with Crippen molar-refractivity contribution in [2.24, 2.45) is 5.73 Å². The third kappa shape index (κ3) is 2.01. The van der Waals surface area contributed by atoms with E-state index in [0.29, 0.717) is 35.7 Å². The molecule has 3 atom stereocenters. The zero-order valence-electron chi connectivity index (χ0n) is 12.3. The van der Waals surface area contributed by atoms with Gasteiger partial charge in [0.2, 0.25) is 0 Å². The van der Waals surface area contributed by atoms with Crippen molar-refractivity contribution in [1.82, 2.24) is 0 Å². The van der Waals surface area contributed by atoms with E-state index in [4.69, 9.17) is 19.9 Å². The van der Waals surface area contributed by atoms with Gasteiger partial charge in [0.15, 0.2) is 11.5 Å². The predicted octanol–water partition coefficient (Wildman–Crippen LogP) is 1.43. The zero-order chi connectivity index (χ0) is 15.3. The van der Waals surface area contributed by atoms with Gasteiger partial charge in [-0.2, -0.15) is 0 Å². The first-order valence-electron chi connectivity index (χ1n) is 7.01. The summed E-state index contributed by atoms with van der Waals surface area (Å²) in [5.74, 6) is 0.751. The Labute approximate surface area is 122 Å². The van der Waals surface area contributed by atoms with Gasteiger partial charge in [-0.3, -0.25) is 4.79 Å². The smallest absolute Gasteiger partial charge is 0.325 e. The van der Waals surface area contributed by atoms with Gasteiger partial charge in [0, 0.05) is 29.5 Å². The molecule has 0 radical (unpaired) electrons. The van der Waals surface area contributed by atoms with Crippen LogP contribution in [-0.2, 0) is 17.6 Å². The highest BCUT2D eigenvalue weighted by atomic mass is 16.5. The summed E-state index contributed by atoms with van der Waals surface area (Å²) in [6.45, 7) is 3.87. The SMILES string of the molecule is COc1c2c(c(C(N)C(=O)O)c3c1OC(C)C3)OC(C)C2. The first-order chi connectivity index (χ1) is 9.93. The number of hydrogen-bond acceptors (Lipinski definition) is 5. The van der Waals surface area contributed by atoms with E-state index in [1.54, 1.807) is 7.11 Å². The highest BCUT2D eigenvalue weighted by Gasteiger charge is 2.39. The number of hydrogen-bond donors (Lipinski definition) is 2. The lowest BCUT2D eigenvalue weighted by atomic mass is 9.92. The Morgan fingerprint density at radius 2 is 1.81 bits per heavy atom. The molecule has 0 saturated heterocycles. The molecule has 1 aromatic rings. The third-order valence-electron chi connectivity index (χ3n) is 4.00. The minimum Gasteiger partial charge on any atom is -0.492 e. The summed E-state index contributed by atoms with van der Waals surface area (Å²) >= 11 is 0. The predicted molar refractivity (Wildman–Crippen MR) is 75.1 cm³/mol. The summed E-state index contributed by atoms with van der Waals surface area (Å²) < 4.78 is 17.2. The fourth-order valence-corrected chi connectivity index (χ4v) is 3.18. The molecule has 21 heavy (non-hydrogen) atoms. The lowest BCUT2D eigenvalue weighted by Crippen LogP contribution is -2.23. The fourth-order valence-electron chi connectivity index (χ4n) is 3.18. The van der Waals surface area contributed by atoms with Crippen LogP contribution in [0.1, 0.15) is 36.6 Å². The topological polar surface area (TPSA) is 91.0 Å². The van der Waals surface area contributed by atoms with Crippen molar-refractivity contribution in [1.29, 1.82) is 0 Å². The molecule has 0 amide bonds. The molecule has 1 aromatic carbocycles. The number of fused-ring (bicyclic) bond motifs is 2. The molecule has 3 N–H and O–H groups in total. The van der Waals surface area contributed by atoms with Crippen LogP contribution in [0.4, 0.5) is 0 Å². The second-order valence-electron chi connectivity index (χ2n) is 5.64. The van der Waals surface area contributed by atoms with Crippen LogP contribution in [0.15, 0.2) is 0 Å². The Morgan fingerprint density at radius 1 is 1.24 bits per heavy atom. The van der Waals surface area contributed by atoms with Crippen LogP contribution in [0.3, 0.4) is 0 Å². The molecule has 6 nitrogen and oxygen atoms in total. The van der Waals surface area contributed by atoms with Gasteiger partial charge in [-0.25, -0.2) is 0 Å². The van der Waals surface area contributed by atoms with Gasteiger partial charge >= 0.3 is 5.97 Å². The number of carbonyl (C=O) groups is 1. The Kier molecular flexibility index (Phi) is 3.20. The van der Waals surface area contributed by atoms with Crippen LogP contribution in [0.5, 0.6) is 17.2 Å². The van der Waals surface area contributed by atoms with Crippen molar-refractivity contribution >= 4 is 5.97 Å². The van der Waals surface area contributed by atoms with E-state index in [1.807, 2.05) is 13.8 Å². The summed E-state index contributed by atoms with van der Waals surface area (Å²) in [5, 5.41) is 9.30. The van der Waals surface area contributed by atoms with E-state index >= 15 is 0 Å². The summed E-state index contributed by atoms with van der Waals surface area (Å²) in [6.07, 6.45) is 1.19. The summed E-state index contributed by atoms with van der Waals surface area (Å²) in [4.78, 5) is 11.4. The molecule has 2 aliphatic heterocycles. The van der Waals surface area contributed by atoms with Gasteiger partial charge in [-0.1, -0.05) is 0 Å². The molecular weight excluding hydrogens is 274 g/mol. The number of rotatable bonds is 3. The van der Waals surface area contributed by atoms with Crippen molar-refractivity contribution in [3.05, 3.63) is 16.7 Å². The van der Waals surface area contributed by atoms with Gasteiger partial charge < -0.3 is 25.1 Å². The largest absolute Gasteiger partial charge is 0.492 e. The maximum Gasteiger partial charge on any atom is 0.325 e. The van der Waals surface area contributed by atoms with E-state index in [1.165, 1.54) is 0 Å². The first-order valence-corrected chi connectivity index (χ1v) is 7.01. The molecule has 3 unspecified atom stereocenters. The molecule has 2 aliphatic rings. The second-order valence-corrected chi connectivity index (χ2v) is 5.64. The average molecular weight is 293 g/mol. The number of carboxylic acids is 1. The minimum absolute atomic E-state index is 0.0337. The van der Waals surface area contributed by atoms with Gasteiger partial charge in [-0.15, -0.1) is 0 Å². The monoisotopic (exact) mass is 293 g/mol. The van der Waals surface area contributed by atoms with Crippen LogP contribution >= 0.6 is 0 Å². The molecule has 0 aromatic heterocycles. The first kappa shape index (κ1) is 14.0. The Balaban J connectivity index is 2.27. The quantitative estimate of drug-likeness (QED) is 0.876. The van der Waals surface area contributed by atoms with Crippen LogP contribution < -0.4 is 19.9 Å². The third-order valence-corrected chi connectivity index (χ3v) is 4.00. The standard InChI is InChI=1S/C15H19NO5/c1-6-4-8-10(11(16)15(17)18)12-9(5-7(2)20-12)13(19-3)14(8)21-6/h6-7,11H,4-5,16H2,1-3H3,(H,17,18). The van der Waals surface area contributed by atoms with E-state index in [-0.39, 0.29) is 12.2 Å². The number of aliphatic carboxylic acids is 1. The number of carboxylic acid groups (broad SMARTS) is 1. The summed E-state index contributed by atoms with van der Waals surface area (Å²) in [6, 6.07) is -1.13. The van der Waals surface area contributed by atoms with Crippen LogP contribution in [0, 0.1) is 0 Å². The fraction of sp³-hybridized carbons (Fsp3) is 0.533. The molecule has 114 valence electrons. The second kappa shape index (κ2) is 4.80. The highest BCUT2D eigenvalue weighted by Crippen LogP contribution is 2.52. The van der Waals surface area contributed by atoms with Crippen LogP contribution in [0.2, 0.25) is 0 Å². The molecule has 0 saturated carbocycles. The number of nitrogens with two attached hydrogens (primary N) is 1. The molecule has 3 rings (SSSR count). The number of ether oxygens (including phenoxy) is 3. The maximum atomic E-state index is 11.4. The van der Waals surface area contributed by atoms with Crippen molar-refractivity contribution in [2.75, 3.05) is 7.11 Å². The van der Waals surface area contributed by atoms with Crippen molar-refractivity contribution < 1.29 is 24.1 Å². The zero-order valence-corrected chi connectivity index (χ0v) is 12.3. The normalized spacial score (nSPS) is 23.8. The van der Waals surface area contributed by atoms with Gasteiger partial charge in [0.05, 0.1) is 7.11 Å². The van der Waals surface area contributed by atoms with E-state index in [2.05, 4.69) is 0 Å². The van der Waals surface area contributed by atoms with Crippen molar-refractivity contribution in [3.63, 3.8) is 0 Å². The lowest BCUT2D eigenvalue weighted by molar-refractivity contribution is -0.138. The highest BCUT2D eigenvalue weighted by molar-refractivity contribution is 5.80. The van der Waals surface area contributed by atoms with Crippen molar-refractivity contribution in [2.45, 2.75) is 44.9 Å². The molecular formula is C15H19NO5. The van der Waals surface area contributed by atoms with Crippen LogP contribution in [0.25, 0.3) is 0 Å². The van der Waals surface area contributed by atoms with Gasteiger partial charge in [0.1, 0.15) is 24.0 Å². The Hall–Kier alpha value is -1.95. The molecule has 6 heteroatoms. The summed E-state index contributed by atoms with van der Waals surface area (Å²) in [7, 11) is 1.59. The van der Waals surface area contributed by atoms with E-state index < -0.39 is 12.0 Å². The molecule has 0 aliphatic carbocycles. The average Bonchev–Trinajstić information content (AvgIpc) is 2.96. The maximum absolute atomic E-state index is 11.4. The van der Waals surface area contributed by atoms with Crippen molar-refractivity contribution in [3.8, 4) is 17.2 Å². The number of methoxy groups -OCH3 is 1. The molecule has 2 heterocycles. The van der Waals surface area contributed by atoms with Crippen LogP contribution in [-0.4, -0.2) is 30.4 Å². The Bertz CT molecular complexity index is 574. The molecule has 0 fully saturated rings. The summed E-state index contributed by atoms with van der Waals surface area (Å²) in [5.41, 5.74) is 8.07. The van der Waals surface area contributed by atoms with Gasteiger partial charge in [-0.05, 0) is 13.8 Å². The molecule has 0 bridgehead atoms. The molecule has 0 spiro atoms. The van der Waals surface area contributed by atoms with E-state index in [9.17, 15) is 9.90 Å². The Morgan fingerprint density at radius 3 is 2.38 bits per heavy atom. The minimum atomic E-state index is -1.13. The lowest BCUT2D eigenvalue weighted by Gasteiger charge is -2.19. The number of benzene rings is 1. The van der Waals surface area contributed by atoms with E-state index in [0.717, 1.165) is 11.1 Å².